The maximum Gasteiger partial charge on any atom is 0.340 e. The van der Waals surface area contributed by atoms with Crippen LogP contribution in [0.4, 0.5) is 0 Å². The molecule has 0 bridgehead atoms. The van der Waals surface area contributed by atoms with Gasteiger partial charge in [-0.1, -0.05) is 6.92 Å². The van der Waals surface area contributed by atoms with Gasteiger partial charge in [0.05, 0.1) is 13.2 Å². The summed E-state index contributed by atoms with van der Waals surface area (Å²) in [6.45, 7) is 5.35. The summed E-state index contributed by atoms with van der Waals surface area (Å²) < 4.78 is 4.82. The molecule has 1 heterocycles. The zero-order chi connectivity index (χ0) is 13.7. The Morgan fingerprint density at radius 3 is 2.72 bits per heavy atom. The molecule has 0 saturated heterocycles. The smallest absolute Gasteiger partial charge is 0.340 e. The number of Topliss-reactive ketones (excluding diaryl/α,β-unsaturated/α-hetero) is 1. The van der Waals surface area contributed by atoms with Crippen LogP contribution in [0.2, 0.25) is 0 Å². The molecule has 100 valence electrons. The van der Waals surface area contributed by atoms with Crippen LogP contribution in [0.3, 0.4) is 0 Å². The number of ether oxygens (including phenoxy) is 1. The zero-order valence-corrected chi connectivity index (χ0v) is 10.8. The summed E-state index contributed by atoms with van der Waals surface area (Å²) in [4.78, 5) is 28.4. The van der Waals surface area contributed by atoms with Crippen molar-refractivity contribution >= 4 is 17.6 Å². The Bertz CT molecular complexity index is 401. The second kappa shape index (κ2) is 6.30. The summed E-state index contributed by atoms with van der Waals surface area (Å²) >= 11 is 0. The topological polar surface area (TPSA) is 79.2 Å². The normalized spacial score (nSPS) is 19.1. The van der Waals surface area contributed by atoms with Crippen molar-refractivity contribution in [1.29, 1.82) is 0 Å². The lowest BCUT2D eigenvalue weighted by atomic mass is 10.1. The third kappa shape index (κ3) is 3.16. The van der Waals surface area contributed by atoms with Gasteiger partial charge in [-0.3, -0.25) is 4.79 Å². The molecule has 1 N–H and O–H groups in total. The number of ketones is 1. The molecule has 0 saturated carbocycles. The molecule has 18 heavy (non-hydrogen) atoms. The number of nitrogens with zero attached hydrogens (tertiary/aromatic N) is 2. The lowest BCUT2D eigenvalue weighted by Gasteiger charge is -2.31. The maximum absolute atomic E-state index is 11.6. The fourth-order valence-electron chi connectivity index (χ4n) is 1.52. The number of amidine groups is 1. The van der Waals surface area contributed by atoms with Crippen molar-refractivity contribution in [2.45, 2.75) is 33.4 Å². The molecule has 1 rings (SSSR count). The van der Waals surface area contributed by atoms with E-state index in [4.69, 9.17) is 4.74 Å². The average Bonchev–Trinajstić information content (AvgIpc) is 2.34. The van der Waals surface area contributed by atoms with Crippen LogP contribution in [-0.2, 0) is 14.3 Å². The highest BCUT2D eigenvalue weighted by Crippen LogP contribution is 2.16. The van der Waals surface area contributed by atoms with Crippen LogP contribution in [0.15, 0.2) is 16.8 Å². The zero-order valence-electron chi connectivity index (χ0n) is 10.8. The molecule has 0 aromatic heterocycles. The Morgan fingerprint density at radius 1 is 1.50 bits per heavy atom. The summed E-state index contributed by atoms with van der Waals surface area (Å²) in [7, 11) is 0. The van der Waals surface area contributed by atoms with Gasteiger partial charge in [-0.25, -0.2) is 9.79 Å². The summed E-state index contributed by atoms with van der Waals surface area (Å²) in [5.41, 5.74) is 0.0475. The molecule has 1 aliphatic rings. The molecule has 0 amide bonds. The Hall–Kier alpha value is -1.69. The summed E-state index contributed by atoms with van der Waals surface area (Å²) in [6, 6.07) is 0. The van der Waals surface area contributed by atoms with Gasteiger partial charge in [0, 0.05) is 12.6 Å². The van der Waals surface area contributed by atoms with Gasteiger partial charge in [-0.2, -0.15) is 0 Å². The Labute approximate surface area is 106 Å². The molecular formula is C12H18N2O4. The summed E-state index contributed by atoms with van der Waals surface area (Å²) in [6.07, 6.45) is 0.469. The fraction of sp³-hybridized carbons (Fsp3) is 0.583. The minimum Gasteiger partial charge on any atom is -0.462 e. The third-order valence-electron chi connectivity index (χ3n) is 2.63. The molecule has 0 spiro atoms. The average molecular weight is 254 g/mol. The van der Waals surface area contributed by atoms with E-state index in [1.54, 1.807) is 20.8 Å². The van der Waals surface area contributed by atoms with E-state index in [1.165, 1.54) is 11.1 Å². The van der Waals surface area contributed by atoms with Crippen LogP contribution in [0.25, 0.3) is 0 Å². The number of hydrogen-bond acceptors (Lipinski definition) is 6. The van der Waals surface area contributed by atoms with Gasteiger partial charge in [0.2, 0.25) is 0 Å². The van der Waals surface area contributed by atoms with Crippen molar-refractivity contribution in [2.75, 3.05) is 13.2 Å². The molecule has 1 atom stereocenters. The minimum atomic E-state index is -1.18. The van der Waals surface area contributed by atoms with Gasteiger partial charge in [-0.15, -0.1) is 0 Å². The minimum absolute atomic E-state index is 0.0315. The van der Waals surface area contributed by atoms with E-state index in [9.17, 15) is 14.7 Å². The molecule has 1 aliphatic heterocycles. The van der Waals surface area contributed by atoms with Gasteiger partial charge in [-0.05, 0) is 13.8 Å². The van der Waals surface area contributed by atoms with Crippen molar-refractivity contribution in [3.05, 3.63) is 11.8 Å². The van der Waals surface area contributed by atoms with E-state index in [1.807, 2.05) is 0 Å². The van der Waals surface area contributed by atoms with Crippen molar-refractivity contribution in [3.63, 3.8) is 0 Å². The van der Waals surface area contributed by atoms with Crippen LogP contribution in [-0.4, -0.2) is 47.0 Å². The highest BCUT2D eigenvalue weighted by Gasteiger charge is 2.30. The van der Waals surface area contributed by atoms with Gasteiger partial charge >= 0.3 is 5.97 Å². The Kier molecular flexibility index (Phi) is 5.03. The van der Waals surface area contributed by atoms with E-state index in [2.05, 4.69) is 4.99 Å². The lowest BCUT2D eigenvalue weighted by Crippen LogP contribution is -2.46. The molecule has 1 unspecified atom stereocenters. The van der Waals surface area contributed by atoms with Gasteiger partial charge in [0.1, 0.15) is 11.4 Å². The molecule has 6 heteroatoms. The quantitative estimate of drug-likeness (QED) is 0.721. The van der Waals surface area contributed by atoms with Crippen molar-refractivity contribution in [3.8, 4) is 0 Å². The Morgan fingerprint density at radius 2 is 2.17 bits per heavy atom. The first-order valence-corrected chi connectivity index (χ1v) is 5.89. The van der Waals surface area contributed by atoms with Crippen LogP contribution in [0.1, 0.15) is 27.2 Å². The van der Waals surface area contributed by atoms with Crippen molar-refractivity contribution in [2.24, 2.45) is 4.99 Å². The van der Waals surface area contributed by atoms with E-state index < -0.39 is 12.2 Å². The van der Waals surface area contributed by atoms with Crippen LogP contribution >= 0.6 is 0 Å². The summed E-state index contributed by atoms with van der Waals surface area (Å²) in [5.74, 6) is -0.152. The molecule has 0 radical (unpaired) electrons. The molecule has 0 fully saturated rings. The number of carbonyl (C=O) groups excluding carboxylic acids is 2. The molecule has 0 aromatic rings. The van der Waals surface area contributed by atoms with Gasteiger partial charge in [0.25, 0.3) is 0 Å². The highest BCUT2D eigenvalue weighted by molar-refractivity contribution is 5.94. The number of carbonyl (C=O) groups is 2. The molecule has 0 aromatic carbocycles. The SMILES string of the molecule is CCOC(=O)C1=CN=C(C)N(CC(=O)CC)C1O. The lowest BCUT2D eigenvalue weighted by molar-refractivity contribution is -0.141. The first-order chi connectivity index (χ1) is 8.51. The predicted octanol–water partition coefficient (Wildman–Crippen LogP) is 0.465. The largest absolute Gasteiger partial charge is 0.462 e. The second-order valence-corrected chi connectivity index (χ2v) is 3.88. The second-order valence-electron chi connectivity index (χ2n) is 3.88. The van der Waals surface area contributed by atoms with Crippen LogP contribution < -0.4 is 0 Å². The number of aliphatic imine (C=N–C) groups is 1. The number of aliphatic hydroxyl groups excluding tert-OH is 1. The third-order valence-corrected chi connectivity index (χ3v) is 2.63. The van der Waals surface area contributed by atoms with Gasteiger partial charge < -0.3 is 14.7 Å². The van der Waals surface area contributed by atoms with Crippen molar-refractivity contribution < 1.29 is 19.4 Å². The van der Waals surface area contributed by atoms with Crippen LogP contribution in [0.5, 0.6) is 0 Å². The van der Waals surface area contributed by atoms with E-state index in [-0.39, 0.29) is 24.5 Å². The number of esters is 1. The maximum atomic E-state index is 11.6. The number of hydrogen-bond donors (Lipinski definition) is 1. The first kappa shape index (κ1) is 14.4. The first-order valence-electron chi connectivity index (χ1n) is 5.89. The summed E-state index contributed by atoms with van der Waals surface area (Å²) in [5, 5.41) is 10.1. The number of aliphatic hydroxyl groups is 1. The number of rotatable bonds is 5. The van der Waals surface area contributed by atoms with Crippen molar-refractivity contribution in [1.82, 2.24) is 4.90 Å². The van der Waals surface area contributed by atoms with Crippen LogP contribution in [0, 0.1) is 0 Å². The van der Waals surface area contributed by atoms with E-state index in [0.29, 0.717) is 12.3 Å². The molecular weight excluding hydrogens is 236 g/mol. The molecule has 6 nitrogen and oxygen atoms in total. The van der Waals surface area contributed by atoms with E-state index in [0.717, 1.165) is 0 Å². The molecule has 0 aliphatic carbocycles. The van der Waals surface area contributed by atoms with Gasteiger partial charge in [0.15, 0.2) is 12.0 Å². The van der Waals surface area contributed by atoms with E-state index >= 15 is 0 Å². The predicted molar refractivity (Wildman–Crippen MR) is 65.8 cm³/mol. The Balaban J connectivity index is 2.86. The monoisotopic (exact) mass is 254 g/mol. The highest BCUT2D eigenvalue weighted by atomic mass is 16.5. The fourth-order valence-corrected chi connectivity index (χ4v) is 1.52. The standard InChI is InChI=1S/C12H18N2O4/c1-4-9(15)7-14-8(3)13-6-10(11(14)16)12(17)18-5-2/h6,11,16H,4-5,7H2,1-3H3.